The van der Waals surface area contributed by atoms with E-state index in [1.807, 2.05) is 6.26 Å². The molecule has 2 rings (SSSR count). The van der Waals surface area contributed by atoms with Gasteiger partial charge < -0.3 is 10.6 Å². The van der Waals surface area contributed by atoms with E-state index in [1.165, 1.54) is 18.2 Å². The van der Waals surface area contributed by atoms with E-state index in [4.69, 9.17) is 23.2 Å². The van der Waals surface area contributed by atoms with Crippen molar-refractivity contribution in [3.05, 3.63) is 63.4 Å². The maximum Gasteiger partial charge on any atom is 0.253 e. The van der Waals surface area contributed by atoms with Gasteiger partial charge in [0.2, 0.25) is 5.91 Å². The Bertz CT molecular complexity index is 848. The molecule has 4 nitrogen and oxygen atoms in total. The first-order valence-electron chi connectivity index (χ1n) is 8.13. The van der Waals surface area contributed by atoms with Crippen LogP contribution in [0.25, 0.3) is 0 Å². The molecule has 0 aliphatic heterocycles. The molecule has 0 saturated heterocycles. The second-order valence-corrected chi connectivity index (χ2v) is 7.71. The Hall–Kier alpha value is -1.76. The van der Waals surface area contributed by atoms with Crippen LogP contribution >= 0.6 is 35.0 Å². The first-order chi connectivity index (χ1) is 12.8. The number of amides is 2. The molecule has 2 N–H and O–H groups in total. The number of hydrogen-bond acceptors (Lipinski definition) is 3. The number of halogens is 3. The van der Waals surface area contributed by atoms with Crippen LogP contribution in [-0.4, -0.2) is 29.9 Å². The van der Waals surface area contributed by atoms with Gasteiger partial charge in [-0.25, -0.2) is 4.39 Å². The summed E-state index contributed by atoms with van der Waals surface area (Å²) >= 11 is 13.5. The third-order valence-electron chi connectivity index (χ3n) is 3.85. The molecule has 1 unspecified atom stereocenters. The van der Waals surface area contributed by atoms with Crippen molar-refractivity contribution >= 4 is 52.5 Å². The molecule has 0 aliphatic carbocycles. The van der Waals surface area contributed by atoms with Gasteiger partial charge in [0.15, 0.2) is 0 Å². The predicted octanol–water partition coefficient (Wildman–Crippen LogP) is 4.93. The van der Waals surface area contributed by atoms with E-state index in [0.717, 1.165) is 0 Å². The highest BCUT2D eigenvalue weighted by Gasteiger charge is 2.22. The molecule has 0 aliphatic rings. The van der Waals surface area contributed by atoms with Crippen molar-refractivity contribution in [1.29, 1.82) is 0 Å². The summed E-state index contributed by atoms with van der Waals surface area (Å²) in [4.78, 5) is 25.1. The quantitative estimate of drug-likeness (QED) is 0.656. The van der Waals surface area contributed by atoms with Crippen LogP contribution in [0, 0.1) is 12.7 Å². The minimum atomic E-state index is -0.791. The molecule has 0 fully saturated rings. The summed E-state index contributed by atoms with van der Waals surface area (Å²) in [7, 11) is 0. The zero-order valence-electron chi connectivity index (χ0n) is 14.8. The van der Waals surface area contributed by atoms with Gasteiger partial charge in [0.1, 0.15) is 11.9 Å². The van der Waals surface area contributed by atoms with Gasteiger partial charge in [-0.2, -0.15) is 11.8 Å². The number of benzene rings is 2. The molecule has 2 amide bonds. The predicted molar refractivity (Wildman–Crippen MR) is 110 cm³/mol. The topological polar surface area (TPSA) is 58.2 Å². The van der Waals surface area contributed by atoms with Crippen LogP contribution in [-0.2, 0) is 4.79 Å². The average Bonchev–Trinajstić information content (AvgIpc) is 2.61. The fourth-order valence-electron chi connectivity index (χ4n) is 2.31. The van der Waals surface area contributed by atoms with Crippen molar-refractivity contribution in [2.24, 2.45) is 0 Å². The minimum absolute atomic E-state index is 0.199. The number of thioether (sulfide) groups is 1. The molecule has 144 valence electrons. The molecule has 1 atom stereocenters. The molecule has 0 aromatic heterocycles. The monoisotopic (exact) mass is 428 g/mol. The lowest BCUT2D eigenvalue weighted by atomic mass is 10.1. The molecule has 0 saturated carbocycles. The van der Waals surface area contributed by atoms with Crippen LogP contribution < -0.4 is 10.6 Å². The summed E-state index contributed by atoms with van der Waals surface area (Å²) in [5.74, 6) is -0.654. The first-order valence-corrected chi connectivity index (χ1v) is 10.3. The molecular formula is C19H19Cl2FN2O2S. The lowest BCUT2D eigenvalue weighted by molar-refractivity contribution is -0.118. The van der Waals surface area contributed by atoms with Gasteiger partial charge in [0.25, 0.3) is 5.91 Å². The molecule has 0 bridgehead atoms. The fourth-order valence-corrected chi connectivity index (χ4v) is 3.28. The summed E-state index contributed by atoms with van der Waals surface area (Å²) in [6.07, 6.45) is 2.32. The number of aryl methyl sites for hydroxylation is 1. The smallest absolute Gasteiger partial charge is 0.253 e. The summed E-state index contributed by atoms with van der Waals surface area (Å²) in [5, 5.41) is 5.94. The molecule has 0 heterocycles. The van der Waals surface area contributed by atoms with Crippen molar-refractivity contribution in [3.8, 4) is 0 Å². The zero-order chi connectivity index (χ0) is 20.0. The second-order valence-electron chi connectivity index (χ2n) is 5.88. The minimum Gasteiger partial charge on any atom is -0.340 e. The normalized spacial score (nSPS) is 11.7. The largest absolute Gasteiger partial charge is 0.340 e. The second kappa shape index (κ2) is 9.97. The van der Waals surface area contributed by atoms with Gasteiger partial charge in [-0.3, -0.25) is 9.59 Å². The number of rotatable bonds is 7. The zero-order valence-corrected chi connectivity index (χ0v) is 17.1. The Balaban J connectivity index is 2.14. The van der Waals surface area contributed by atoms with E-state index in [-0.39, 0.29) is 10.6 Å². The van der Waals surface area contributed by atoms with Crippen LogP contribution in [0.5, 0.6) is 0 Å². The number of carbonyl (C=O) groups excluding carboxylic acids is 2. The van der Waals surface area contributed by atoms with Gasteiger partial charge in [-0.1, -0.05) is 29.3 Å². The van der Waals surface area contributed by atoms with Crippen molar-refractivity contribution in [2.75, 3.05) is 17.3 Å². The number of nitrogens with one attached hydrogen (secondary N) is 2. The van der Waals surface area contributed by atoms with Crippen LogP contribution in [0.3, 0.4) is 0 Å². The van der Waals surface area contributed by atoms with Crippen LogP contribution in [0.1, 0.15) is 22.3 Å². The Morgan fingerprint density at radius 1 is 1.19 bits per heavy atom. The van der Waals surface area contributed by atoms with E-state index >= 15 is 0 Å². The standard InChI is InChI=1S/C19H19Cl2FN2O2S/c1-11-3-5-13(10-16(11)22)23-19(26)17(7-8-27-2)24-18(25)14-6-4-12(20)9-15(14)21/h3-6,9-10,17H,7-8H2,1-2H3,(H,23,26)(H,24,25). The van der Waals surface area contributed by atoms with Crippen molar-refractivity contribution in [3.63, 3.8) is 0 Å². The highest BCUT2D eigenvalue weighted by Crippen LogP contribution is 2.21. The van der Waals surface area contributed by atoms with E-state index in [1.54, 1.807) is 36.9 Å². The maximum absolute atomic E-state index is 13.7. The third kappa shape index (κ3) is 6.13. The van der Waals surface area contributed by atoms with Gasteiger partial charge in [0, 0.05) is 10.7 Å². The SMILES string of the molecule is CSCCC(NC(=O)c1ccc(Cl)cc1Cl)C(=O)Nc1ccc(C)c(F)c1. The highest BCUT2D eigenvalue weighted by molar-refractivity contribution is 7.98. The van der Waals surface area contributed by atoms with Crippen molar-refractivity contribution < 1.29 is 14.0 Å². The molecule has 2 aromatic carbocycles. The van der Waals surface area contributed by atoms with E-state index in [9.17, 15) is 14.0 Å². The lowest BCUT2D eigenvalue weighted by Crippen LogP contribution is -2.44. The van der Waals surface area contributed by atoms with Gasteiger partial charge in [-0.15, -0.1) is 0 Å². The van der Waals surface area contributed by atoms with Gasteiger partial charge >= 0.3 is 0 Å². The molecule has 8 heteroatoms. The van der Waals surface area contributed by atoms with Crippen LogP contribution in [0.15, 0.2) is 36.4 Å². The highest BCUT2D eigenvalue weighted by atomic mass is 35.5. The average molecular weight is 429 g/mol. The Morgan fingerprint density at radius 2 is 1.93 bits per heavy atom. The van der Waals surface area contributed by atoms with Crippen LogP contribution in [0.2, 0.25) is 10.0 Å². The molecule has 0 radical (unpaired) electrons. The lowest BCUT2D eigenvalue weighted by Gasteiger charge is -2.19. The fraction of sp³-hybridized carbons (Fsp3) is 0.263. The first kappa shape index (κ1) is 21.5. The molecule has 27 heavy (non-hydrogen) atoms. The number of hydrogen-bond donors (Lipinski definition) is 2. The van der Waals surface area contributed by atoms with Crippen LogP contribution in [0.4, 0.5) is 10.1 Å². The van der Waals surface area contributed by atoms with Crippen molar-refractivity contribution in [2.45, 2.75) is 19.4 Å². The van der Waals surface area contributed by atoms with E-state index in [2.05, 4.69) is 10.6 Å². The third-order valence-corrected chi connectivity index (χ3v) is 5.04. The summed E-state index contributed by atoms with van der Waals surface area (Å²) in [6, 6.07) is 8.16. The van der Waals surface area contributed by atoms with Crippen molar-refractivity contribution in [1.82, 2.24) is 5.32 Å². The Labute approximate surface area is 171 Å². The Kier molecular flexibility index (Phi) is 7.95. The van der Waals surface area contributed by atoms with Gasteiger partial charge in [0.05, 0.1) is 10.6 Å². The summed E-state index contributed by atoms with van der Waals surface area (Å²) in [5.41, 5.74) is 1.04. The molecule has 0 spiro atoms. The molecular weight excluding hydrogens is 410 g/mol. The van der Waals surface area contributed by atoms with E-state index < -0.39 is 23.7 Å². The Morgan fingerprint density at radius 3 is 2.56 bits per heavy atom. The maximum atomic E-state index is 13.7. The summed E-state index contributed by atoms with van der Waals surface area (Å²) < 4.78 is 13.7. The van der Waals surface area contributed by atoms with E-state index in [0.29, 0.717) is 28.4 Å². The molecule has 2 aromatic rings. The number of anilines is 1. The summed E-state index contributed by atoms with van der Waals surface area (Å²) in [6.45, 7) is 1.64. The number of carbonyl (C=O) groups is 2. The van der Waals surface area contributed by atoms with Gasteiger partial charge in [-0.05, 0) is 61.2 Å².